The lowest BCUT2D eigenvalue weighted by Crippen LogP contribution is -2.16. The minimum atomic E-state index is 1.01. The van der Waals surface area contributed by atoms with Crippen molar-refractivity contribution in [3.05, 3.63) is 193 Å². The molecule has 0 bridgehead atoms. The van der Waals surface area contributed by atoms with E-state index in [1.807, 2.05) is 23.5 Å². The summed E-state index contributed by atoms with van der Waals surface area (Å²) < 4.78 is 0. The largest absolute Gasteiger partial charge is 0.246 e. The number of fused-ring (bicyclic) bond motifs is 6. The number of rotatable bonds is 4. The van der Waals surface area contributed by atoms with E-state index in [0.717, 1.165) is 44.3 Å². The molecule has 4 heteroatoms. The summed E-state index contributed by atoms with van der Waals surface area (Å²) >= 11 is 3.67. The van der Waals surface area contributed by atoms with Crippen LogP contribution in [0.1, 0.15) is 0 Å². The highest BCUT2D eigenvalue weighted by Gasteiger charge is 2.28. The van der Waals surface area contributed by atoms with Gasteiger partial charge in [-0.25, -0.2) is 9.98 Å². The van der Waals surface area contributed by atoms with Crippen LogP contribution in [-0.2, 0) is 0 Å². The first-order chi connectivity index (χ1) is 26.8. The van der Waals surface area contributed by atoms with Gasteiger partial charge in [-0.15, -0.1) is 0 Å². The minimum absolute atomic E-state index is 1.01. The predicted molar refractivity (Wildman–Crippen MR) is 226 cm³/mol. The van der Waals surface area contributed by atoms with E-state index < -0.39 is 0 Å². The van der Waals surface area contributed by atoms with E-state index in [2.05, 4.69) is 182 Å². The minimum Gasteiger partial charge on any atom is -0.246 e. The Labute approximate surface area is 321 Å². The molecule has 252 valence electrons. The third-order valence-electron chi connectivity index (χ3n) is 10.5. The average Bonchev–Trinajstić information content (AvgIpc) is 3.24. The van der Waals surface area contributed by atoms with Crippen LogP contribution in [0, 0.1) is 0 Å². The van der Waals surface area contributed by atoms with Gasteiger partial charge in [0, 0.05) is 41.8 Å². The van der Waals surface area contributed by atoms with Crippen LogP contribution in [0.3, 0.4) is 0 Å². The van der Waals surface area contributed by atoms with E-state index >= 15 is 0 Å². The third-order valence-corrected chi connectivity index (χ3v) is 12.8. The summed E-state index contributed by atoms with van der Waals surface area (Å²) in [4.78, 5) is 15.7. The first-order valence-corrected chi connectivity index (χ1v) is 19.8. The summed E-state index contributed by atoms with van der Waals surface area (Å²) in [6.45, 7) is 0. The van der Waals surface area contributed by atoms with Gasteiger partial charge >= 0.3 is 0 Å². The van der Waals surface area contributed by atoms with Crippen LogP contribution in [0.25, 0.3) is 66.1 Å². The summed E-state index contributed by atoms with van der Waals surface area (Å²) in [5.74, 6) is 0. The van der Waals surface area contributed by atoms with E-state index in [1.165, 1.54) is 63.4 Å². The summed E-state index contributed by atoms with van der Waals surface area (Å²) in [7, 11) is 0. The molecule has 0 aliphatic carbocycles. The van der Waals surface area contributed by atoms with Gasteiger partial charge in [-0.1, -0.05) is 169 Å². The van der Waals surface area contributed by atoms with Crippen LogP contribution in [-0.4, -0.2) is 0 Å². The molecular formula is C50H30N2S2. The van der Waals surface area contributed by atoms with Crippen molar-refractivity contribution >= 4 is 56.4 Å². The zero-order valence-corrected chi connectivity index (χ0v) is 30.7. The molecule has 0 N–H and O–H groups in total. The van der Waals surface area contributed by atoms with Gasteiger partial charge < -0.3 is 0 Å². The van der Waals surface area contributed by atoms with Gasteiger partial charge in [0.2, 0.25) is 0 Å². The molecule has 9 aromatic rings. The zero-order chi connectivity index (χ0) is 35.6. The second kappa shape index (κ2) is 12.7. The van der Waals surface area contributed by atoms with Crippen molar-refractivity contribution in [3.63, 3.8) is 0 Å². The molecule has 54 heavy (non-hydrogen) atoms. The average molecular weight is 723 g/mol. The van der Waals surface area contributed by atoms with E-state index in [4.69, 9.17) is 9.98 Å². The number of nitrogens with zero attached hydrogens (tertiary/aromatic N) is 2. The highest BCUT2D eigenvalue weighted by Crippen LogP contribution is 2.51. The van der Waals surface area contributed by atoms with Crippen LogP contribution in [0.2, 0.25) is 0 Å². The van der Waals surface area contributed by atoms with Crippen LogP contribution in [0.5, 0.6) is 0 Å². The molecule has 0 aromatic heterocycles. The maximum atomic E-state index is 5.50. The second-order valence-electron chi connectivity index (χ2n) is 13.6. The molecule has 0 spiro atoms. The summed E-state index contributed by atoms with van der Waals surface area (Å²) in [5.41, 5.74) is 11.4. The van der Waals surface area contributed by atoms with Crippen LogP contribution >= 0.6 is 23.5 Å². The maximum absolute atomic E-state index is 5.50. The van der Waals surface area contributed by atoms with Crippen molar-refractivity contribution in [2.24, 2.45) is 9.98 Å². The van der Waals surface area contributed by atoms with E-state index in [-0.39, 0.29) is 0 Å². The lowest BCUT2D eigenvalue weighted by molar-refractivity contribution is 1.18. The van der Waals surface area contributed by atoms with Gasteiger partial charge in [-0.3, -0.25) is 0 Å². The van der Waals surface area contributed by atoms with Crippen LogP contribution < -0.4 is 10.7 Å². The highest BCUT2D eigenvalue weighted by atomic mass is 32.2. The lowest BCUT2D eigenvalue weighted by Gasteiger charge is -2.25. The van der Waals surface area contributed by atoms with Gasteiger partial charge in [0.25, 0.3) is 0 Å². The van der Waals surface area contributed by atoms with E-state index in [0.29, 0.717) is 0 Å². The Kier molecular flexibility index (Phi) is 7.39. The molecule has 9 aromatic carbocycles. The Morgan fingerprint density at radius 3 is 0.963 bits per heavy atom. The Bertz CT molecular complexity index is 2860. The van der Waals surface area contributed by atoms with Gasteiger partial charge in [-0.05, 0) is 80.2 Å². The molecule has 0 saturated heterocycles. The zero-order valence-electron chi connectivity index (χ0n) is 29.0. The Balaban J connectivity index is 1.41. The standard InChI is InChI=1S/C50H30N2S2/c1-5-17-31(18-6-1)43-35-29-38-36(30-37(35)45(33-21-9-3-10-22-33)49-47(43)51-39-25-13-15-27-41(39)53-49)44(32-19-7-2-8-20-32)48-50(46(38)34-23-11-4-12-24-34)54-42-28-16-14-26-40(42)52-48/h1-30H. The van der Waals surface area contributed by atoms with Crippen LogP contribution in [0.15, 0.2) is 212 Å². The molecule has 2 aliphatic heterocycles. The van der Waals surface area contributed by atoms with Gasteiger partial charge in [0.15, 0.2) is 0 Å². The highest BCUT2D eigenvalue weighted by molar-refractivity contribution is 8.00. The van der Waals surface area contributed by atoms with Crippen LogP contribution in [0.4, 0.5) is 11.4 Å². The topological polar surface area (TPSA) is 24.7 Å². The molecule has 11 rings (SSSR count). The Morgan fingerprint density at radius 1 is 0.296 bits per heavy atom. The summed E-state index contributed by atoms with van der Waals surface area (Å²) in [5, 5.41) is 6.82. The van der Waals surface area contributed by atoms with Crippen molar-refractivity contribution in [2.75, 3.05) is 0 Å². The second-order valence-corrected chi connectivity index (χ2v) is 15.7. The fourth-order valence-electron chi connectivity index (χ4n) is 8.11. The smallest absolute Gasteiger partial charge is 0.0867 e. The number of benzene rings is 9. The molecule has 0 amide bonds. The van der Waals surface area contributed by atoms with Crippen molar-refractivity contribution in [3.8, 4) is 44.5 Å². The first-order valence-electron chi connectivity index (χ1n) is 18.2. The van der Waals surface area contributed by atoms with Crippen molar-refractivity contribution in [1.29, 1.82) is 0 Å². The Morgan fingerprint density at radius 2 is 0.593 bits per heavy atom. The van der Waals surface area contributed by atoms with Gasteiger partial charge in [-0.2, -0.15) is 0 Å². The molecule has 0 fully saturated rings. The fraction of sp³-hybridized carbons (Fsp3) is 0. The molecule has 0 unspecified atom stereocenters. The van der Waals surface area contributed by atoms with Crippen molar-refractivity contribution in [2.45, 2.75) is 19.6 Å². The molecule has 2 heterocycles. The molecule has 0 atom stereocenters. The number of hydrogen-bond donors (Lipinski definition) is 0. The number of hydrogen-bond acceptors (Lipinski definition) is 4. The van der Waals surface area contributed by atoms with Gasteiger partial charge in [0.05, 0.1) is 22.1 Å². The maximum Gasteiger partial charge on any atom is 0.0867 e. The number of para-hydroxylation sites is 2. The van der Waals surface area contributed by atoms with E-state index in [1.54, 1.807) is 0 Å². The molecule has 0 radical (unpaired) electrons. The predicted octanol–water partition coefficient (Wildman–Crippen LogP) is 13.5. The van der Waals surface area contributed by atoms with Crippen molar-refractivity contribution in [1.82, 2.24) is 0 Å². The molecule has 2 aliphatic rings. The lowest BCUT2D eigenvalue weighted by atomic mass is 9.85. The third kappa shape index (κ3) is 4.98. The Hall–Kier alpha value is -6.20. The molecule has 2 nitrogen and oxygen atoms in total. The first kappa shape index (κ1) is 31.3. The quantitative estimate of drug-likeness (QED) is 0.169. The summed E-state index contributed by atoms with van der Waals surface area (Å²) in [6.07, 6.45) is 0. The van der Waals surface area contributed by atoms with E-state index in [9.17, 15) is 0 Å². The summed E-state index contributed by atoms with van der Waals surface area (Å²) in [6, 6.07) is 65.4. The fourth-order valence-corrected chi connectivity index (χ4v) is 10.4. The monoisotopic (exact) mass is 722 g/mol. The molecular weight excluding hydrogens is 693 g/mol. The van der Waals surface area contributed by atoms with Crippen molar-refractivity contribution < 1.29 is 0 Å². The molecule has 0 saturated carbocycles. The SMILES string of the molecule is c1ccc(-c2c3c(c(-c4ccccc4)c4cc5c(-c6ccccc6)c6c(c(-c7ccccc7)c5cc24)=Nc2ccccc2S6)=Nc2ccccc2S3)cc1. The van der Waals surface area contributed by atoms with Gasteiger partial charge in [0.1, 0.15) is 0 Å². The normalized spacial score (nSPS) is 12.6.